The number of hydrogen-bond donors (Lipinski definition) is 1. The van der Waals surface area contributed by atoms with Gasteiger partial charge < -0.3 is 10.0 Å². The Morgan fingerprint density at radius 3 is 2.51 bits per heavy atom. The number of thioether (sulfide) groups is 1. The molecule has 0 spiro atoms. The smallest absolute Gasteiger partial charge is 0.254 e. The van der Waals surface area contributed by atoms with Crippen molar-refractivity contribution in [3.8, 4) is 0 Å². The van der Waals surface area contributed by atoms with E-state index >= 15 is 0 Å². The number of carbonyl (C=O) groups is 2. The minimum absolute atomic E-state index is 0.0347. The largest absolute Gasteiger partial charge is 0.382 e. The van der Waals surface area contributed by atoms with E-state index in [0.717, 1.165) is 33.6 Å². The second-order valence-electron chi connectivity index (χ2n) is 9.32. The fraction of sp³-hybridized carbons (Fsp3) is 0.360. The summed E-state index contributed by atoms with van der Waals surface area (Å²) in [4.78, 5) is 28.7. The molecule has 0 radical (unpaired) electrons. The molecular formula is C25H27N3O5S2. The lowest BCUT2D eigenvalue weighted by atomic mass is 9.85. The van der Waals surface area contributed by atoms with Crippen molar-refractivity contribution in [2.75, 3.05) is 25.2 Å². The molecule has 3 unspecified atom stereocenters. The van der Waals surface area contributed by atoms with Gasteiger partial charge in [0.05, 0.1) is 18.5 Å². The van der Waals surface area contributed by atoms with Crippen LogP contribution in [0.2, 0.25) is 0 Å². The number of benzene rings is 2. The second-order valence-corrected chi connectivity index (χ2v) is 12.6. The number of carbonyl (C=O) groups excluding carboxylic acids is 2. The first-order chi connectivity index (χ1) is 16.6. The van der Waals surface area contributed by atoms with E-state index in [4.69, 9.17) is 0 Å². The Bertz CT molecular complexity index is 1280. The summed E-state index contributed by atoms with van der Waals surface area (Å²) in [5, 5.41) is 14.6. The number of nitrogens with zero attached hydrogens (tertiary/aromatic N) is 3. The lowest BCUT2D eigenvalue weighted by Crippen LogP contribution is -2.75. The van der Waals surface area contributed by atoms with Gasteiger partial charge in [0.2, 0.25) is 0 Å². The molecule has 35 heavy (non-hydrogen) atoms. The average Bonchev–Trinajstić information content (AvgIpc) is 2.99. The highest BCUT2D eigenvalue weighted by molar-refractivity contribution is 7.98. The van der Waals surface area contributed by atoms with Gasteiger partial charge in [0.25, 0.3) is 5.91 Å². The average molecular weight is 514 g/mol. The Kier molecular flexibility index (Phi) is 6.03. The minimum Gasteiger partial charge on any atom is -0.382 e. The molecule has 0 saturated carbocycles. The van der Waals surface area contributed by atoms with Crippen LogP contribution in [0.4, 0.5) is 0 Å². The van der Waals surface area contributed by atoms with Crippen LogP contribution in [0, 0.1) is 0 Å². The Hall–Kier alpha value is -2.66. The third kappa shape index (κ3) is 4.08. The molecule has 1 amide bonds. The van der Waals surface area contributed by atoms with Crippen LogP contribution in [0.15, 0.2) is 65.7 Å². The van der Waals surface area contributed by atoms with E-state index in [-0.39, 0.29) is 25.0 Å². The monoisotopic (exact) mass is 513 g/mol. The molecule has 2 aromatic carbocycles. The number of ketones is 1. The minimum atomic E-state index is -3.34. The van der Waals surface area contributed by atoms with Crippen LogP contribution >= 0.6 is 11.8 Å². The summed E-state index contributed by atoms with van der Waals surface area (Å²) >= 11 is 1.74. The number of fused-ring (bicyclic) bond motifs is 3. The summed E-state index contributed by atoms with van der Waals surface area (Å²) < 4.78 is 23.9. The van der Waals surface area contributed by atoms with Gasteiger partial charge in [-0.15, -0.1) is 11.8 Å². The number of amides is 1. The van der Waals surface area contributed by atoms with E-state index in [1.165, 1.54) is 11.0 Å². The van der Waals surface area contributed by atoms with Gasteiger partial charge in [-0.05, 0) is 29.7 Å². The predicted octanol–water partition coefficient (Wildman–Crippen LogP) is 1.96. The molecule has 1 fully saturated rings. The highest BCUT2D eigenvalue weighted by atomic mass is 32.2. The van der Waals surface area contributed by atoms with Crippen molar-refractivity contribution >= 4 is 33.3 Å². The van der Waals surface area contributed by atoms with E-state index in [1.54, 1.807) is 29.9 Å². The summed E-state index contributed by atoms with van der Waals surface area (Å²) in [5.74, 6) is -0.468. The molecule has 3 aliphatic heterocycles. The molecule has 1 N–H and O–H groups in total. The van der Waals surface area contributed by atoms with Gasteiger partial charge in [-0.25, -0.2) is 8.42 Å². The summed E-state index contributed by atoms with van der Waals surface area (Å²) in [6, 6.07) is 15.9. The summed E-state index contributed by atoms with van der Waals surface area (Å²) in [6.07, 6.45) is 2.39. The van der Waals surface area contributed by atoms with E-state index in [1.807, 2.05) is 29.3 Å². The van der Waals surface area contributed by atoms with Crippen molar-refractivity contribution in [1.82, 2.24) is 14.9 Å². The number of aliphatic hydroxyl groups is 1. The molecular weight excluding hydrogens is 486 g/mol. The van der Waals surface area contributed by atoms with Crippen molar-refractivity contribution in [2.45, 2.75) is 35.3 Å². The first-order valence-corrected chi connectivity index (χ1v) is 14.4. The van der Waals surface area contributed by atoms with Gasteiger partial charge in [-0.2, -0.15) is 5.01 Å². The van der Waals surface area contributed by atoms with Gasteiger partial charge >= 0.3 is 0 Å². The maximum absolute atomic E-state index is 13.7. The second kappa shape index (κ2) is 8.77. The predicted molar refractivity (Wildman–Crippen MR) is 133 cm³/mol. The highest BCUT2D eigenvalue weighted by Gasteiger charge is 2.57. The fourth-order valence-corrected chi connectivity index (χ4v) is 6.70. The number of rotatable bonds is 4. The molecule has 3 aliphatic rings. The van der Waals surface area contributed by atoms with E-state index in [9.17, 15) is 23.1 Å². The molecule has 0 bridgehead atoms. The molecule has 1 saturated heterocycles. The first-order valence-electron chi connectivity index (χ1n) is 11.3. The molecule has 8 nitrogen and oxygen atoms in total. The molecule has 0 aromatic heterocycles. The number of sulfone groups is 1. The maximum Gasteiger partial charge on any atom is 0.254 e. The normalized spacial score (nSPS) is 26.7. The molecule has 184 valence electrons. The van der Waals surface area contributed by atoms with Crippen LogP contribution in [-0.4, -0.2) is 77.0 Å². The van der Waals surface area contributed by atoms with Gasteiger partial charge in [0.15, 0.2) is 11.3 Å². The third-order valence-electron chi connectivity index (χ3n) is 6.95. The summed E-state index contributed by atoms with van der Waals surface area (Å²) in [7, 11) is -3.34. The van der Waals surface area contributed by atoms with Gasteiger partial charge in [0, 0.05) is 35.7 Å². The van der Waals surface area contributed by atoms with Crippen LogP contribution in [-0.2, 0) is 25.2 Å². The van der Waals surface area contributed by atoms with Crippen molar-refractivity contribution < 1.29 is 23.1 Å². The zero-order chi connectivity index (χ0) is 25.0. The van der Waals surface area contributed by atoms with E-state index in [2.05, 4.69) is 24.3 Å². The van der Waals surface area contributed by atoms with Crippen LogP contribution in [0.25, 0.3) is 0 Å². The molecule has 0 aliphatic carbocycles. The van der Waals surface area contributed by atoms with Crippen molar-refractivity contribution in [3.05, 3.63) is 77.5 Å². The first kappa shape index (κ1) is 24.1. The standard InChI is InChI=1S/C25H27N3O5S2/c1-25-23(30)20(29)11-12-28(25)27(16-26(24(25)31)13-14-35(2,32)33)22-18-8-4-3-7-17(18)15-34-21-10-6-5-9-19(21)22/h3-12,22-23,30H,13-16H2,1-2H3. The quantitative estimate of drug-likeness (QED) is 0.663. The topological polar surface area (TPSA) is 98.2 Å². The zero-order valence-electron chi connectivity index (χ0n) is 19.5. The Balaban J connectivity index is 1.69. The highest BCUT2D eigenvalue weighted by Crippen LogP contribution is 2.46. The Morgan fingerprint density at radius 1 is 1.09 bits per heavy atom. The van der Waals surface area contributed by atoms with Gasteiger partial charge in [-0.3, -0.25) is 14.6 Å². The van der Waals surface area contributed by atoms with Crippen molar-refractivity contribution in [3.63, 3.8) is 0 Å². The van der Waals surface area contributed by atoms with Crippen LogP contribution < -0.4 is 0 Å². The van der Waals surface area contributed by atoms with E-state index < -0.39 is 33.2 Å². The zero-order valence-corrected chi connectivity index (χ0v) is 21.1. The SMILES string of the molecule is CC12C(=O)N(CCS(C)(=O)=O)CN(C3c4ccccc4CSc4ccccc43)N1C=CC(=O)C2O. The number of aliphatic hydroxyl groups excluding tert-OH is 1. The molecule has 3 atom stereocenters. The lowest BCUT2D eigenvalue weighted by Gasteiger charge is -2.57. The molecule has 10 heteroatoms. The Morgan fingerprint density at radius 2 is 1.77 bits per heavy atom. The molecule has 3 heterocycles. The van der Waals surface area contributed by atoms with Crippen LogP contribution in [0.3, 0.4) is 0 Å². The van der Waals surface area contributed by atoms with Crippen molar-refractivity contribution in [1.29, 1.82) is 0 Å². The van der Waals surface area contributed by atoms with Gasteiger partial charge in [0.1, 0.15) is 15.9 Å². The van der Waals surface area contributed by atoms with Crippen LogP contribution in [0.5, 0.6) is 0 Å². The summed E-state index contributed by atoms with van der Waals surface area (Å²) in [5.41, 5.74) is 1.65. The lowest BCUT2D eigenvalue weighted by molar-refractivity contribution is -0.207. The molecule has 2 aromatic rings. The number of hydrazine groups is 1. The van der Waals surface area contributed by atoms with Crippen molar-refractivity contribution in [2.24, 2.45) is 0 Å². The van der Waals surface area contributed by atoms with Gasteiger partial charge in [-0.1, -0.05) is 42.5 Å². The number of hydrogen-bond acceptors (Lipinski definition) is 8. The van der Waals surface area contributed by atoms with Crippen LogP contribution in [0.1, 0.15) is 29.7 Å². The maximum atomic E-state index is 13.7. The van der Waals surface area contributed by atoms with E-state index in [0.29, 0.717) is 0 Å². The molecule has 5 rings (SSSR count). The Labute approximate surface area is 209 Å². The third-order valence-corrected chi connectivity index (χ3v) is 9.01. The summed E-state index contributed by atoms with van der Waals surface area (Å²) in [6.45, 7) is 1.62. The fourth-order valence-electron chi connectivity index (χ4n) is 5.06.